The molecule has 1 fully saturated rings. The van der Waals surface area contributed by atoms with Crippen molar-refractivity contribution in [1.29, 1.82) is 0 Å². The monoisotopic (exact) mass is 163 g/mol. The van der Waals surface area contributed by atoms with E-state index in [-0.39, 0.29) is 0 Å². The molecule has 4 nitrogen and oxygen atoms in total. The minimum Gasteiger partial charge on any atom is -0.317 e. The predicted molar refractivity (Wildman–Crippen MR) is 41.4 cm³/mol. The lowest BCUT2D eigenvalue weighted by atomic mass is 10.1. The first-order valence-corrected chi connectivity index (χ1v) is 4.63. The molecule has 0 aromatic rings. The van der Waals surface area contributed by atoms with Crippen LogP contribution in [0, 0.1) is 0 Å². The summed E-state index contributed by atoms with van der Waals surface area (Å²) < 4.78 is 13.3. The molecular weight excluding hydrogens is 150 g/mol. The lowest BCUT2D eigenvalue weighted by Gasteiger charge is -2.21. The molecule has 10 heavy (non-hydrogen) atoms. The molecule has 0 radical (unpaired) electrons. The smallest absolute Gasteiger partial charge is 0.164 e. The third-order valence-corrected chi connectivity index (χ3v) is 2.19. The van der Waals surface area contributed by atoms with Crippen molar-refractivity contribution in [1.82, 2.24) is 10.0 Å². The molecule has 1 unspecified atom stereocenters. The van der Waals surface area contributed by atoms with Crippen LogP contribution >= 0.6 is 0 Å². The van der Waals surface area contributed by atoms with Crippen molar-refractivity contribution in [2.75, 3.05) is 13.1 Å². The molecule has 0 saturated carbocycles. The van der Waals surface area contributed by atoms with Crippen molar-refractivity contribution in [3.05, 3.63) is 0 Å². The molecule has 0 bridgehead atoms. The average molecular weight is 163 g/mol. The molecule has 0 spiro atoms. The molecule has 1 heterocycles. The average Bonchev–Trinajstić information content (AvgIpc) is 1.88. The van der Waals surface area contributed by atoms with Crippen LogP contribution in [0.2, 0.25) is 0 Å². The Labute approximate surface area is 63.3 Å². The third-order valence-electron chi connectivity index (χ3n) is 1.62. The van der Waals surface area contributed by atoms with E-state index < -0.39 is 11.2 Å². The molecule has 1 saturated heterocycles. The normalized spacial score (nSPS) is 24.5. The zero-order valence-electron chi connectivity index (χ0n) is 5.80. The van der Waals surface area contributed by atoms with Gasteiger partial charge in [-0.1, -0.05) is 0 Å². The number of nitrogens with two attached hydrogens (primary N) is 1. The molecule has 1 rings (SSSR count). The number of rotatable bonds is 2. The van der Waals surface area contributed by atoms with E-state index in [0.29, 0.717) is 6.04 Å². The van der Waals surface area contributed by atoms with E-state index in [9.17, 15) is 4.21 Å². The Bertz CT molecular complexity index is 124. The molecule has 0 aliphatic carbocycles. The van der Waals surface area contributed by atoms with Gasteiger partial charge in [0.05, 0.1) is 0 Å². The summed E-state index contributed by atoms with van der Waals surface area (Å²) in [5, 5.41) is 8.27. The Kier molecular flexibility index (Phi) is 3.27. The molecule has 0 aromatic heterocycles. The first kappa shape index (κ1) is 8.13. The summed E-state index contributed by atoms with van der Waals surface area (Å²) in [4.78, 5) is 0. The van der Waals surface area contributed by atoms with E-state index in [1.807, 2.05) is 0 Å². The van der Waals surface area contributed by atoms with E-state index in [1.54, 1.807) is 0 Å². The van der Waals surface area contributed by atoms with Crippen molar-refractivity contribution >= 4 is 11.2 Å². The van der Waals surface area contributed by atoms with Crippen LogP contribution in [0.5, 0.6) is 0 Å². The van der Waals surface area contributed by atoms with Gasteiger partial charge in [-0.15, -0.1) is 0 Å². The van der Waals surface area contributed by atoms with Gasteiger partial charge < -0.3 is 5.32 Å². The standard InChI is InChI=1S/C5H13N3OS/c6-10(9)8-5-1-3-7-4-2-5/h5,7-8H,1-4,6H2. The topological polar surface area (TPSA) is 67.2 Å². The molecular formula is C5H13N3OS. The quantitative estimate of drug-likeness (QED) is 0.482. The molecule has 0 amide bonds. The van der Waals surface area contributed by atoms with Gasteiger partial charge in [0, 0.05) is 6.04 Å². The zero-order valence-corrected chi connectivity index (χ0v) is 6.62. The van der Waals surface area contributed by atoms with Gasteiger partial charge in [0.15, 0.2) is 11.2 Å². The van der Waals surface area contributed by atoms with Gasteiger partial charge in [0.1, 0.15) is 0 Å². The van der Waals surface area contributed by atoms with Crippen molar-refractivity contribution in [3.63, 3.8) is 0 Å². The lowest BCUT2D eigenvalue weighted by Crippen LogP contribution is -2.42. The van der Waals surface area contributed by atoms with Gasteiger partial charge in [-0.05, 0) is 25.9 Å². The van der Waals surface area contributed by atoms with Gasteiger partial charge in [0.2, 0.25) is 0 Å². The molecule has 1 aliphatic rings. The molecule has 60 valence electrons. The summed E-state index contributed by atoms with van der Waals surface area (Å²) in [5.41, 5.74) is 0. The van der Waals surface area contributed by atoms with Crippen LogP contribution in [0.25, 0.3) is 0 Å². The maximum atomic E-state index is 10.5. The highest BCUT2D eigenvalue weighted by atomic mass is 32.2. The molecule has 1 atom stereocenters. The molecule has 0 aromatic carbocycles. The van der Waals surface area contributed by atoms with Crippen LogP contribution in [0.1, 0.15) is 12.8 Å². The summed E-state index contributed by atoms with van der Waals surface area (Å²) in [6.07, 6.45) is 2.03. The van der Waals surface area contributed by atoms with Gasteiger partial charge >= 0.3 is 0 Å². The van der Waals surface area contributed by atoms with Crippen LogP contribution < -0.4 is 15.2 Å². The van der Waals surface area contributed by atoms with Crippen molar-refractivity contribution in [2.45, 2.75) is 18.9 Å². The Hall–Kier alpha value is 0.0300. The van der Waals surface area contributed by atoms with Gasteiger partial charge in [0.25, 0.3) is 0 Å². The van der Waals surface area contributed by atoms with Crippen molar-refractivity contribution < 1.29 is 4.21 Å². The van der Waals surface area contributed by atoms with E-state index in [4.69, 9.17) is 5.14 Å². The molecule has 1 aliphatic heterocycles. The van der Waals surface area contributed by atoms with Crippen LogP contribution in [-0.4, -0.2) is 23.3 Å². The van der Waals surface area contributed by atoms with E-state index >= 15 is 0 Å². The first-order valence-electron chi connectivity index (χ1n) is 3.42. The van der Waals surface area contributed by atoms with Gasteiger partial charge in [-0.2, -0.15) is 0 Å². The van der Waals surface area contributed by atoms with Crippen LogP contribution in [0.15, 0.2) is 0 Å². The Morgan fingerprint density at radius 3 is 2.60 bits per heavy atom. The van der Waals surface area contributed by atoms with E-state index in [0.717, 1.165) is 25.9 Å². The van der Waals surface area contributed by atoms with Crippen LogP contribution in [0.4, 0.5) is 0 Å². The Morgan fingerprint density at radius 1 is 1.50 bits per heavy atom. The number of nitrogens with one attached hydrogen (secondary N) is 2. The minimum atomic E-state index is -1.34. The fourth-order valence-electron chi connectivity index (χ4n) is 1.10. The Morgan fingerprint density at radius 2 is 2.10 bits per heavy atom. The second kappa shape index (κ2) is 4.02. The number of piperidine rings is 1. The largest absolute Gasteiger partial charge is 0.317 e. The maximum Gasteiger partial charge on any atom is 0.164 e. The van der Waals surface area contributed by atoms with Gasteiger partial charge in [-0.3, -0.25) is 0 Å². The van der Waals surface area contributed by atoms with Crippen LogP contribution in [-0.2, 0) is 11.2 Å². The van der Waals surface area contributed by atoms with Crippen molar-refractivity contribution in [3.8, 4) is 0 Å². The fourth-order valence-corrected chi connectivity index (χ4v) is 1.67. The number of hydrogen-bond donors (Lipinski definition) is 3. The Balaban J connectivity index is 2.19. The number of hydrogen-bond acceptors (Lipinski definition) is 2. The second-order valence-corrected chi connectivity index (χ2v) is 3.27. The predicted octanol–water partition coefficient (Wildman–Crippen LogP) is -1.13. The van der Waals surface area contributed by atoms with Gasteiger partial charge in [-0.25, -0.2) is 14.1 Å². The second-order valence-electron chi connectivity index (χ2n) is 2.44. The van der Waals surface area contributed by atoms with E-state index in [1.165, 1.54) is 0 Å². The summed E-state index contributed by atoms with van der Waals surface area (Å²) in [6, 6.07) is 0.340. The lowest BCUT2D eigenvalue weighted by molar-refractivity contribution is 0.435. The summed E-state index contributed by atoms with van der Waals surface area (Å²) >= 11 is -1.34. The molecule has 4 N–H and O–H groups in total. The van der Waals surface area contributed by atoms with Crippen molar-refractivity contribution in [2.24, 2.45) is 5.14 Å². The first-order chi connectivity index (χ1) is 4.79. The highest BCUT2D eigenvalue weighted by Crippen LogP contribution is 2.00. The highest BCUT2D eigenvalue weighted by molar-refractivity contribution is 7.80. The molecule has 5 heteroatoms. The summed E-state index contributed by atoms with van der Waals surface area (Å²) in [7, 11) is 0. The SMILES string of the molecule is NS(=O)NC1CCNCC1. The fraction of sp³-hybridized carbons (Fsp3) is 1.00. The summed E-state index contributed by atoms with van der Waals surface area (Å²) in [6.45, 7) is 1.99. The maximum absolute atomic E-state index is 10.5. The third kappa shape index (κ3) is 2.74. The minimum absolute atomic E-state index is 0.340. The van der Waals surface area contributed by atoms with Crippen LogP contribution in [0.3, 0.4) is 0 Å². The van der Waals surface area contributed by atoms with E-state index in [2.05, 4.69) is 10.0 Å². The summed E-state index contributed by atoms with van der Waals surface area (Å²) in [5.74, 6) is 0. The zero-order chi connectivity index (χ0) is 7.40. The highest BCUT2D eigenvalue weighted by Gasteiger charge is 2.12.